The van der Waals surface area contributed by atoms with E-state index >= 15 is 0 Å². The molecule has 0 unspecified atom stereocenters. The summed E-state index contributed by atoms with van der Waals surface area (Å²) in [6, 6.07) is 8.30. The van der Waals surface area contributed by atoms with Gasteiger partial charge in [-0.15, -0.1) is 5.10 Å². The molecule has 3 aromatic rings. The molecule has 0 saturated carbocycles. The van der Waals surface area contributed by atoms with Crippen molar-refractivity contribution in [1.29, 1.82) is 0 Å². The molecule has 8 heteroatoms. The Bertz CT molecular complexity index is 945. The predicted octanol–water partition coefficient (Wildman–Crippen LogP) is 1.60. The van der Waals surface area contributed by atoms with E-state index in [9.17, 15) is 9.59 Å². The third-order valence-electron chi connectivity index (χ3n) is 3.21. The third-order valence-corrected chi connectivity index (χ3v) is 3.54. The van der Waals surface area contributed by atoms with E-state index in [1.807, 2.05) is 0 Å². The maximum Gasteiger partial charge on any atom is 0.323 e. The minimum atomic E-state index is -1.03. The number of carbonyl (C=O) groups is 1. The Kier molecular flexibility index (Phi) is 3.42. The zero-order valence-electron chi connectivity index (χ0n) is 11.5. The van der Waals surface area contributed by atoms with Crippen LogP contribution in [0.3, 0.4) is 0 Å². The molecule has 0 saturated heterocycles. The second-order valence-corrected chi connectivity index (χ2v) is 5.14. The van der Waals surface area contributed by atoms with Crippen LogP contribution in [0.15, 0.2) is 35.1 Å². The minimum Gasteiger partial charge on any atom is -0.480 e. The molecule has 0 bridgehead atoms. The molecular weight excluding hydrogens is 308 g/mol. The Labute approximate surface area is 129 Å². The van der Waals surface area contributed by atoms with Crippen LogP contribution < -0.4 is 5.56 Å². The summed E-state index contributed by atoms with van der Waals surface area (Å²) in [4.78, 5) is 27.3. The lowest BCUT2D eigenvalue weighted by atomic mass is 10.2. The second kappa shape index (κ2) is 5.27. The van der Waals surface area contributed by atoms with Crippen LogP contribution in [0.4, 0.5) is 0 Å². The Morgan fingerprint density at radius 2 is 2.09 bits per heavy atom. The molecule has 0 spiro atoms. The van der Waals surface area contributed by atoms with E-state index in [4.69, 9.17) is 16.7 Å². The Hall–Kier alpha value is -2.67. The summed E-state index contributed by atoms with van der Waals surface area (Å²) in [5, 5.41) is 13.6. The van der Waals surface area contributed by atoms with E-state index in [0.29, 0.717) is 16.3 Å². The monoisotopic (exact) mass is 318 g/mol. The lowest BCUT2D eigenvalue weighted by Crippen LogP contribution is -2.22. The van der Waals surface area contributed by atoms with Gasteiger partial charge in [-0.3, -0.25) is 9.59 Å². The minimum absolute atomic E-state index is 0.169. The highest BCUT2D eigenvalue weighted by Crippen LogP contribution is 2.24. The fourth-order valence-electron chi connectivity index (χ4n) is 2.19. The topological polar surface area (TPSA) is 89.5 Å². The molecule has 7 nitrogen and oxygen atoms in total. The molecule has 1 aromatic carbocycles. The molecule has 0 aliphatic rings. The standard InChI is InChI=1S/C14H11ClN4O3/c1-8-6-11(20)19-14(18(8)7-12(21)22)16-13(17-19)9-4-2-3-5-10(9)15/h2-6H,7H2,1H3,(H,21,22). The summed E-state index contributed by atoms with van der Waals surface area (Å²) in [5.41, 5.74) is 0.699. The number of rotatable bonds is 3. The van der Waals surface area contributed by atoms with Crippen molar-refractivity contribution >= 4 is 23.3 Å². The zero-order chi connectivity index (χ0) is 15.9. The number of nitrogens with zero attached hydrogens (tertiary/aromatic N) is 4. The fraction of sp³-hybridized carbons (Fsp3) is 0.143. The molecule has 112 valence electrons. The first-order valence-corrected chi connectivity index (χ1v) is 6.79. The van der Waals surface area contributed by atoms with Gasteiger partial charge in [0.15, 0.2) is 5.82 Å². The number of aryl methyl sites for hydroxylation is 1. The van der Waals surface area contributed by atoms with Crippen molar-refractivity contribution in [3.8, 4) is 11.4 Å². The Morgan fingerprint density at radius 1 is 1.36 bits per heavy atom. The number of aliphatic carboxylic acids is 1. The van der Waals surface area contributed by atoms with Crippen LogP contribution in [-0.2, 0) is 11.3 Å². The average Bonchev–Trinajstić information content (AvgIpc) is 2.89. The van der Waals surface area contributed by atoms with Gasteiger partial charge in [0.1, 0.15) is 6.54 Å². The average molecular weight is 319 g/mol. The Balaban J connectivity index is 2.29. The van der Waals surface area contributed by atoms with Crippen LogP contribution in [0.5, 0.6) is 0 Å². The molecule has 0 radical (unpaired) electrons. The first-order valence-electron chi connectivity index (χ1n) is 6.41. The van der Waals surface area contributed by atoms with E-state index in [1.165, 1.54) is 10.6 Å². The van der Waals surface area contributed by atoms with E-state index in [2.05, 4.69) is 10.1 Å². The van der Waals surface area contributed by atoms with Gasteiger partial charge in [0, 0.05) is 17.3 Å². The largest absolute Gasteiger partial charge is 0.480 e. The quantitative estimate of drug-likeness (QED) is 0.792. The van der Waals surface area contributed by atoms with Crippen molar-refractivity contribution in [3.05, 3.63) is 51.4 Å². The van der Waals surface area contributed by atoms with Gasteiger partial charge >= 0.3 is 5.97 Å². The van der Waals surface area contributed by atoms with Gasteiger partial charge in [-0.1, -0.05) is 23.7 Å². The molecule has 0 fully saturated rings. The maximum absolute atomic E-state index is 12.0. The number of fused-ring (bicyclic) bond motifs is 1. The van der Waals surface area contributed by atoms with Gasteiger partial charge in [-0.05, 0) is 19.1 Å². The van der Waals surface area contributed by atoms with Crippen molar-refractivity contribution in [2.45, 2.75) is 13.5 Å². The normalized spacial score (nSPS) is 11.0. The van der Waals surface area contributed by atoms with Crippen molar-refractivity contribution in [3.63, 3.8) is 0 Å². The summed E-state index contributed by atoms with van der Waals surface area (Å²) in [7, 11) is 0. The van der Waals surface area contributed by atoms with Gasteiger partial charge in [0.05, 0.1) is 5.02 Å². The van der Waals surface area contributed by atoms with Crippen molar-refractivity contribution in [1.82, 2.24) is 19.2 Å². The van der Waals surface area contributed by atoms with E-state index < -0.39 is 5.97 Å². The molecule has 3 rings (SSSR count). The molecule has 22 heavy (non-hydrogen) atoms. The van der Waals surface area contributed by atoms with Crippen LogP contribution in [0.2, 0.25) is 5.02 Å². The van der Waals surface area contributed by atoms with Crippen LogP contribution in [0.1, 0.15) is 5.69 Å². The molecule has 0 amide bonds. The van der Waals surface area contributed by atoms with Crippen molar-refractivity contribution < 1.29 is 9.90 Å². The van der Waals surface area contributed by atoms with Crippen LogP contribution >= 0.6 is 11.6 Å². The van der Waals surface area contributed by atoms with Crippen LogP contribution in [0.25, 0.3) is 17.2 Å². The zero-order valence-corrected chi connectivity index (χ0v) is 12.3. The summed E-state index contributed by atoms with van der Waals surface area (Å²) in [5.74, 6) is -0.592. The summed E-state index contributed by atoms with van der Waals surface area (Å²) in [6.45, 7) is 1.34. The molecule has 2 heterocycles. The molecule has 0 aliphatic heterocycles. The number of hydrogen-bond donors (Lipinski definition) is 1. The summed E-state index contributed by atoms with van der Waals surface area (Å²) >= 11 is 6.11. The molecular formula is C14H11ClN4O3. The second-order valence-electron chi connectivity index (χ2n) is 4.73. The Morgan fingerprint density at radius 3 is 2.77 bits per heavy atom. The highest BCUT2D eigenvalue weighted by molar-refractivity contribution is 6.33. The number of carboxylic acids is 1. The van der Waals surface area contributed by atoms with Gasteiger partial charge in [-0.2, -0.15) is 9.50 Å². The molecule has 1 N–H and O–H groups in total. The lowest BCUT2D eigenvalue weighted by molar-refractivity contribution is -0.137. The van der Waals surface area contributed by atoms with E-state index in [-0.39, 0.29) is 23.7 Å². The summed E-state index contributed by atoms with van der Waals surface area (Å²) < 4.78 is 2.49. The number of benzene rings is 1. The molecule has 2 aromatic heterocycles. The highest BCUT2D eigenvalue weighted by Gasteiger charge is 2.16. The first-order chi connectivity index (χ1) is 10.5. The summed E-state index contributed by atoms with van der Waals surface area (Å²) in [6.07, 6.45) is 0. The molecule has 0 aliphatic carbocycles. The van der Waals surface area contributed by atoms with Gasteiger partial charge in [0.2, 0.25) is 5.78 Å². The van der Waals surface area contributed by atoms with Crippen molar-refractivity contribution in [2.24, 2.45) is 0 Å². The number of halogens is 1. The van der Waals surface area contributed by atoms with E-state index in [1.54, 1.807) is 31.2 Å². The molecule has 0 atom stereocenters. The predicted molar refractivity (Wildman–Crippen MR) is 80.1 cm³/mol. The van der Waals surface area contributed by atoms with Gasteiger partial charge in [-0.25, -0.2) is 0 Å². The fourth-order valence-corrected chi connectivity index (χ4v) is 2.41. The van der Waals surface area contributed by atoms with Crippen LogP contribution in [0, 0.1) is 6.92 Å². The van der Waals surface area contributed by atoms with E-state index in [0.717, 1.165) is 4.52 Å². The lowest BCUT2D eigenvalue weighted by Gasteiger charge is -2.07. The van der Waals surface area contributed by atoms with Crippen LogP contribution in [-0.4, -0.2) is 30.2 Å². The third kappa shape index (κ3) is 2.35. The first kappa shape index (κ1) is 14.3. The maximum atomic E-state index is 12.0. The number of hydrogen-bond acceptors (Lipinski definition) is 4. The number of carboxylic acid groups (broad SMARTS) is 1. The SMILES string of the molecule is Cc1cc(=O)n2nc(-c3ccccc3Cl)nc2n1CC(=O)O. The smallest absolute Gasteiger partial charge is 0.323 e. The van der Waals surface area contributed by atoms with Gasteiger partial charge in [0.25, 0.3) is 5.56 Å². The van der Waals surface area contributed by atoms with Gasteiger partial charge < -0.3 is 9.67 Å². The van der Waals surface area contributed by atoms with Crippen molar-refractivity contribution in [2.75, 3.05) is 0 Å². The highest BCUT2D eigenvalue weighted by atomic mass is 35.5. The number of aromatic nitrogens is 4.